The van der Waals surface area contributed by atoms with Gasteiger partial charge in [0.05, 0.1) is 11.1 Å². The van der Waals surface area contributed by atoms with Crippen molar-refractivity contribution in [3.8, 4) is 11.5 Å². The molecule has 0 unspecified atom stereocenters. The number of allylic oxidation sites excluding steroid dienone is 1. The van der Waals surface area contributed by atoms with Gasteiger partial charge in [0.2, 0.25) is 11.6 Å². The maximum Gasteiger partial charge on any atom is 0.231 e. The van der Waals surface area contributed by atoms with Crippen molar-refractivity contribution in [2.75, 3.05) is 0 Å². The highest BCUT2D eigenvalue weighted by atomic mass is 79.9. The molecule has 3 nitrogen and oxygen atoms in total. The van der Waals surface area contributed by atoms with E-state index in [9.17, 15) is 26.7 Å². The van der Waals surface area contributed by atoms with Crippen LogP contribution in [0, 0.1) is 29.1 Å². The van der Waals surface area contributed by atoms with Crippen molar-refractivity contribution < 1.29 is 36.2 Å². The van der Waals surface area contributed by atoms with E-state index in [1.165, 1.54) is 18.2 Å². The number of carbonyl (C=O) groups is 1. The highest BCUT2D eigenvalue weighted by Crippen LogP contribution is 2.36. The van der Waals surface area contributed by atoms with Crippen LogP contribution in [0.2, 0.25) is 0 Å². The van der Waals surface area contributed by atoms with Crippen LogP contribution < -0.4 is 9.47 Å². The molecule has 0 aliphatic carbocycles. The molecule has 0 fully saturated rings. The largest absolute Gasteiger partial charge is 0.489 e. The average molecular weight is 497 g/mol. The van der Waals surface area contributed by atoms with Crippen LogP contribution in [0.3, 0.4) is 0 Å². The van der Waals surface area contributed by atoms with Gasteiger partial charge in [0, 0.05) is 10.5 Å². The minimum atomic E-state index is -2.24. The van der Waals surface area contributed by atoms with Crippen LogP contribution in [0.1, 0.15) is 21.5 Å². The van der Waals surface area contributed by atoms with E-state index in [0.29, 0.717) is 5.56 Å². The van der Waals surface area contributed by atoms with Gasteiger partial charge in [0.15, 0.2) is 29.0 Å². The monoisotopic (exact) mass is 496 g/mol. The molecule has 1 aliphatic heterocycles. The Labute approximate surface area is 180 Å². The Morgan fingerprint density at radius 2 is 1.55 bits per heavy atom. The van der Waals surface area contributed by atoms with E-state index in [1.54, 1.807) is 24.3 Å². The van der Waals surface area contributed by atoms with Crippen molar-refractivity contribution in [3.05, 3.63) is 98.5 Å². The van der Waals surface area contributed by atoms with Gasteiger partial charge in [-0.15, -0.1) is 0 Å². The molecule has 0 aromatic heterocycles. The van der Waals surface area contributed by atoms with Crippen molar-refractivity contribution in [2.24, 2.45) is 0 Å². The number of fused-ring (bicyclic) bond motifs is 1. The normalized spacial score (nSPS) is 14.0. The first-order chi connectivity index (χ1) is 14.8. The summed E-state index contributed by atoms with van der Waals surface area (Å²) in [7, 11) is 0. The number of benzene rings is 3. The summed E-state index contributed by atoms with van der Waals surface area (Å²) in [5.41, 5.74) is -0.160. The van der Waals surface area contributed by atoms with Crippen LogP contribution >= 0.6 is 15.9 Å². The topological polar surface area (TPSA) is 35.5 Å². The number of carbonyl (C=O) groups excluding carboxylic acids is 1. The van der Waals surface area contributed by atoms with E-state index in [2.05, 4.69) is 15.9 Å². The molecule has 3 aromatic rings. The van der Waals surface area contributed by atoms with Crippen LogP contribution in [0.4, 0.5) is 22.0 Å². The zero-order valence-corrected chi connectivity index (χ0v) is 16.9. The summed E-state index contributed by atoms with van der Waals surface area (Å²) in [4.78, 5) is 12.5. The minimum absolute atomic E-state index is 0.0117. The smallest absolute Gasteiger partial charge is 0.231 e. The van der Waals surface area contributed by atoms with Crippen molar-refractivity contribution >= 4 is 27.8 Å². The Bertz CT molecular complexity index is 1230. The van der Waals surface area contributed by atoms with E-state index in [4.69, 9.17) is 9.47 Å². The molecule has 0 atom stereocenters. The number of ether oxygens (including phenoxy) is 2. The van der Waals surface area contributed by atoms with Crippen LogP contribution in [-0.4, -0.2) is 5.78 Å². The molecule has 0 amide bonds. The molecule has 0 bridgehead atoms. The zero-order valence-electron chi connectivity index (χ0n) is 15.3. The number of ketones is 1. The first kappa shape index (κ1) is 21.0. The molecular formula is C22H10BrF5O3. The molecule has 4 rings (SSSR count). The molecule has 0 saturated heterocycles. The summed E-state index contributed by atoms with van der Waals surface area (Å²) in [5, 5.41) is 0. The molecule has 0 radical (unpaired) electrons. The predicted octanol–water partition coefficient (Wildman–Crippen LogP) is 6.34. The van der Waals surface area contributed by atoms with Gasteiger partial charge in [-0.25, -0.2) is 22.0 Å². The number of hydrogen-bond donors (Lipinski definition) is 0. The molecule has 1 heterocycles. The quantitative estimate of drug-likeness (QED) is 0.183. The summed E-state index contributed by atoms with van der Waals surface area (Å²) >= 11 is 3.37. The van der Waals surface area contributed by atoms with E-state index in [1.807, 2.05) is 6.07 Å². The summed E-state index contributed by atoms with van der Waals surface area (Å²) in [5.74, 6) is -10.5. The molecule has 9 heteroatoms. The number of halogens is 6. The van der Waals surface area contributed by atoms with Gasteiger partial charge < -0.3 is 9.47 Å². The highest BCUT2D eigenvalue weighted by Gasteiger charge is 2.29. The lowest BCUT2D eigenvalue weighted by Gasteiger charge is -2.10. The fourth-order valence-corrected chi connectivity index (χ4v) is 3.32. The Kier molecular flexibility index (Phi) is 5.53. The maximum absolute atomic E-state index is 13.8. The van der Waals surface area contributed by atoms with Crippen molar-refractivity contribution in [2.45, 2.75) is 6.61 Å². The highest BCUT2D eigenvalue weighted by molar-refractivity contribution is 9.10. The number of Topliss-reactive ketones (excluding diaryl/α,β-unsaturated/α-hetero) is 1. The maximum atomic E-state index is 13.8. The van der Waals surface area contributed by atoms with Crippen LogP contribution in [0.15, 0.2) is 52.7 Å². The van der Waals surface area contributed by atoms with Gasteiger partial charge in [-0.1, -0.05) is 34.1 Å². The van der Waals surface area contributed by atoms with Crippen molar-refractivity contribution in [1.29, 1.82) is 0 Å². The molecule has 0 N–H and O–H groups in total. The molecule has 3 aromatic carbocycles. The second-order valence-corrected chi connectivity index (χ2v) is 7.31. The molecule has 31 heavy (non-hydrogen) atoms. The molecule has 158 valence electrons. The summed E-state index contributed by atoms with van der Waals surface area (Å²) in [6.07, 6.45) is 1.54. The SMILES string of the molecule is O=C1/C(=C/c2ccccc2Br)Oc2cc(OCc3c(F)c(F)c(F)c(F)c3F)ccc21. The van der Waals surface area contributed by atoms with E-state index in [0.717, 1.165) is 4.47 Å². The second-order valence-electron chi connectivity index (χ2n) is 6.46. The lowest BCUT2D eigenvalue weighted by molar-refractivity contribution is 0.101. The first-order valence-electron chi connectivity index (χ1n) is 8.74. The standard InChI is InChI=1S/C22H10BrF5O3/c23-14-4-2-1-3-10(14)7-16-22(29)12-6-5-11(8-15(12)31-16)30-9-13-17(24)19(26)21(28)20(27)18(13)25/h1-8H,9H2/b16-7-. The Hall–Kier alpha value is -3.20. The van der Waals surface area contributed by atoms with Crippen LogP contribution in [0.25, 0.3) is 6.08 Å². The second kappa shape index (κ2) is 8.14. The summed E-state index contributed by atoms with van der Waals surface area (Å²) in [6, 6.07) is 11.2. The van der Waals surface area contributed by atoms with Crippen LogP contribution in [-0.2, 0) is 6.61 Å². The van der Waals surface area contributed by atoms with E-state index >= 15 is 0 Å². The summed E-state index contributed by atoms with van der Waals surface area (Å²) < 4.78 is 78.8. The molecule has 1 aliphatic rings. The summed E-state index contributed by atoms with van der Waals surface area (Å²) in [6.45, 7) is -0.918. The van der Waals surface area contributed by atoms with E-state index < -0.39 is 41.3 Å². The third kappa shape index (κ3) is 3.81. The molecular weight excluding hydrogens is 487 g/mol. The van der Waals surface area contributed by atoms with Gasteiger partial charge in [-0.2, -0.15) is 0 Å². The van der Waals surface area contributed by atoms with Gasteiger partial charge in [-0.05, 0) is 29.8 Å². The fourth-order valence-electron chi connectivity index (χ4n) is 2.92. The molecule has 0 spiro atoms. The van der Waals surface area contributed by atoms with Crippen molar-refractivity contribution in [3.63, 3.8) is 0 Å². The third-order valence-corrected chi connectivity index (χ3v) is 5.24. The van der Waals surface area contributed by atoms with Gasteiger partial charge >= 0.3 is 0 Å². The minimum Gasteiger partial charge on any atom is -0.489 e. The van der Waals surface area contributed by atoms with Crippen molar-refractivity contribution in [1.82, 2.24) is 0 Å². The fraction of sp³-hybridized carbons (Fsp3) is 0.0455. The lowest BCUT2D eigenvalue weighted by Crippen LogP contribution is -2.09. The number of rotatable bonds is 4. The van der Waals surface area contributed by atoms with E-state index in [-0.39, 0.29) is 28.6 Å². The molecule has 0 saturated carbocycles. The Morgan fingerprint density at radius 1 is 0.903 bits per heavy atom. The lowest BCUT2D eigenvalue weighted by atomic mass is 10.1. The van der Waals surface area contributed by atoms with Gasteiger partial charge in [0.1, 0.15) is 18.1 Å². The Morgan fingerprint density at radius 3 is 2.23 bits per heavy atom. The van der Waals surface area contributed by atoms with Crippen LogP contribution in [0.5, 0.6) is 11.5 Å². The Balaban J connectivity index is 1.57. The zero-order chi connectivity index (χ0) is 22.3. The van der Waals surface area contributed by atoms with Gasteiger partial charge in [0.25, 0.3) is 0 Å². The first-order valence-corrected chi connectivity index (χ1v) is 9.53. The predicted molar refractivity (Wildman–Crippen MR) is 104 cm³/mol. The van der Waals surface area contributed by atoms with Gasteiger partial charge in [-0.3, -0.25) is 4.79 Å². The number of hydrogen-bond acceptors (Lipinski definition) is 3. The average Bonchev–Trinajstić information content (AvgIpc) is 3.07. The third-order valence-electron chi connectivity index (χ3n) is 4.52.